The summed E-state index contributed by atoms with van der Waals surface area (Å²) in [6, 6.07) is 13.7. The van der Waals surface area contributed by atoms with Gasteiger partial charge in [0.15, 0.2) is 0 Å². The molecule has 2 aromatic rings. The van der Waals surface area contributed by atoms with Gasteiger partial charge in [-0.1, -0.05) is 42.5 Å². The molecule has 0 bridgehead atoms. The predicted octanol–water partition coefficient (Wildman–Crippen LogP) is 3.88. The third kappa shape index (κ3) is 4.84. The van der Waals surface area contributed by atoms with Crippen molar-refractivity contribution in [1.82, 2.24) is 5.32 Å². The summed E-state index contributed by atoms with van der Waals surface area (Å²) < 4.78 is 5.09. The molecule has 0 saturated carbocycles. The van der Waals surface area contributed by atoms with Gasteiger partial charge in [-0.15, -0.1) is 0 Å². The molecule has 0 aliphatic carbocycles. The van der Waals surface area contributed by atoms with Gasteiger partial charge in [0, 0.05) is 0 Å². The van der Waals surface area contributed by atoms with Crippen LogP contribution >= 0.6 is 0 Å². The lowest BCUT2D eigenvalue weighted by atomic mass is 10.0. The Bertz CT molecular complexity index is 782. The molecule has 1 amide bonds. The van der Waals surface area contributed by atoms with Crippen molar-refractivity contribution < 1.29 is 19.4 Å². The predicted molar refractivity (Wildman–Crippen MR) is 92.7 cm³/mol. The number of benzene rings is 2. The summed E-state index contributed by atoms with van der Waals surface area (Å²) in [6.45, 7) is 5.15. The van der Waals surface area contributed by atoms with E-state index in [1.54, 1.807) is 20.8 Å². The van der Waals surface area contributed by atoms with Gasteiger partial charge >= 0.3 is 12.1 Å². The van der Waals surface area contributed by atoms with E-state index < -0.39 is 17.7 Å². The summed E-state index contributed by atoms with van der Waals surface area (Å²) in [7, 11) is 0. The van der Waals surface area contributed by atoms with Gasteiger partial charge in [0.1, 0.15) is 11.3 Å². The number of hydrogen-bond donors (Lipinski definition) is 2. The topological polar surface area (TPSA) is 75.6 Å². The molecule has 126 valence electrons. The third-order valence-corrected chi connectivity index (χ3v) is 3.27. The van der Waals surface area contributed by atoms with Crippen LogP contribution in [0, 0.1) is 0 Å². The van der Waals surface area contributed by atoms with Crippen LogP contribution in [0.5, 0.6) is 0 Å². The number of aliphatic carboxylic acids is 1. The van der Waals surface area contributed by atoms with Crippen molar-refractivity contribution >= 4 is 22.8 Å². The Morgan fingerprint density at radius 3 is 2.46 bits per heavy atom. The molecular formula is C19H21NO4. The first-order valence-electron chi connectivity index (χ1n) is 7.66. The van der Waals surface area contributed by atoms with Crippen LogP contribution in [-0.4, -0.2) is 22.8 Å². The van der Waals surface area contributed by atoms with Crippen molar-refractivity contribution in [2.75, 3.05) is 0 Å². The maximum atomic E-state index is 11.8. The van der Waals surface area contributed by atoms with Crippen LogP contribution in [0.2, 0.25) is 0 Å². The van der Waals surface area contributed by atoms with Crippen LogP contribution in [0.3, 0.4) is 0 Å². The van der Waals surface area contributed by atoms with Crippen LogP contribution in [-0.2, 0) is 16.0 Å². The number of nitrogens with one attached hydrogen (secondary N) is 1. The Balaban J connectivity index is 2.19. The standard InChI is InChI=1S/C19H21NO4/c1-19(2,3)24-18(23)20-16(17(21)22)12-11-14-9-6-8-13-7-4-5-10-15(13)14/h4-10,12H,11H2,1-3H3,(H,20,23)(H,21,22). The molecule has 0 aromatic heterocycles. The highest BCUT2D eigenvalue weighted by atomic mass is 16.6. The molecule has 5 heteroatoms. The molecule has 0 unspecified atom stereocenters. The van der Waals surface area contributed by atoms with Gasteiger partial charge in [-0.25, -0.2) is 9.59 Å². The lowest BCUT2D eigenvalue weighted by molar-refractivity contribution is -0.133. The molecule has 0 aliphatic rings. The minimum atomic E-state index is -1.21. The molecule has 0 heterocycles. The van der Waals surface area contributed by atoms with Crippen LogP contribution in [0.25, 0.3) is 10.8 Å². The van der Waals surface area contributed by atoms with E-state index in [2.05, 4.69) is 5.32 Å². The Morgan fingerprint density at radius 1 is 1.12 bits per heavy atom. The molecular weight excluding hydrogens is 306 g/mol. The van der Waals surface area contributed by atoms with E-state index >= 15 is 0 Å². The van der Waals surface area contributed by atoms with Gasteiger partial charge in [0.25, 0.3) is 0 Å². The molecule has 0 saturated heterocycles. The van der Waals surface area contributed by atoms with Crippen LogP contribution in [0.4, 0.5) is 4.79 Å². The summed E-state index contributed by atoms with van der Waals surface area (Å²) in [5.41, 5.74) is 0.0959. The molecule has 0 spiro atoms. The number of amides is 1. The van der Waals surface area contributed by atoms with Gasteiger partial charge in [-0.3, -0.25) is 5.32 Å². The molecule has 0 atom stereocenters. The van der Waals surface area contributed by atoms with Crippen LogP contribution < -0.4 is 5.32 Å². The van der Waals surface area contributed by atoms with Crippen LogP contribution in [0.15, 0.2) is 54.2 Å². The SMILES string of the molecule is CC(C)(C)OC(=O)NC(=CCc1cccc2ccccc12)C(=O)O. The number of carboxylic acid groups (broad SMARTS) is 1. The zero-order valence-electron chi connectivity index (χ0n) is 14.0. The molecule has 0 aliphatic heterocycles. The van der Waals surface area contributed by atoms with Gasteiger partial charge in [-0.2, -0.15) is 0 Å². The van der Waals surface area contributed by atoms with E-state index in [0.717, 1.165) is 16.3 Å². The Hall–Kier alpha value is -2.82. The van der Waals surface area contributed by atoms with E-state index in [9.17, 15) is 14.7 Å². The molecule has 0 radical (unpaired) electrons. The maximum absolute atomic E-state index is 11.8. The number of rotatable bonds is 4. The average Bonchev–Trinajstić information content (AvgIpc) is 2.49. The number of fused-ring (bicyclic) bond motifs is 1. The number of carbonyl (C=O) groups is 2. The van der Waals surface area contributed by atoms with Gasteiger partial charge in [0.2, 0.25) is 0 Å². The van der Waals surface area contributed by atoms with E-state index in [0.29, 0.717) is 6.42 Å². The Morgan fingerprint density at radius 2 is 1.79 bits per heavy atom. The molecule has 5 nitrogen and oxygen atoms in total. The second kappa shape index (κ2) is 7.17. The van der Waals surface area contributed by atoms with E-state index in [4.69, 9.17) is 4.74 Å². The fourth-order valence-electron chi connectivity index (χ4n) is 2.29. The monoisotopic (exact) mass is 327 g/mol. The summed E-state index contributed by atoms with van der Waals surface area (Å²) in [5, 5.41) is 13.7. The normalized spacial score (nSPS) is 12.0. The Kier molecular flexibility index (Phi) is 5.24. The fourth-order valence-corrected chi connectivity index (χ4v) is 2.29. The quantitative estimate of drug-likeness (QED) is 0.836. The molecule has 24 heavy (non-hydrogen) atoms. The van der Waals surface area contributed by atoms with E-state index in [-0.39, 0.29) is 5.70 Å². The number of alkyl carbamates (subject to hydrolysis) is 1. The highest BCUT2D eigenvalue weighted by molar-refractivity contribution is 5.91. The highest BCUT2D eigenvalue weighted by Gasteiger charge is 2.19. The van der Waals surface area contributed by atoms with Crippen LogP contribution in [0.1, 0.15) is 26.3 Å². The first-order valence-corrected chi connectivity index (χ1v) is 7.66. The lowest BCUT2D eigenvalue weighted by Gasteiger charge is -2.19. The van der Waals surface area contributed by atoms with Crippen molar-refractivity contribution in [2.24, 2.45) is 0 Å². The minimum absolute atomic E-state index is 0.197. The van der Waals surface area contributed by atoms with E-state index in [1.807, 2.05) is 42.5 Å². The Labute approximate surface area is 140 Å². The average molecular weight is 327 g/mol. The summed E-state index contributed by atoms with van der Waals surface area (Å²) in [4.78, 5) is 23.1. The minimum Gasteiger partial charge on any atom is -0.477 e. The maximum Gasteiger partial charge on any atom is 0.412 e. The largest absolute Gasteiger partial charge is 0.477 e. The van der Waals surface area contributed by atoms with Crippen molar-refractivity contribution in [3.8, 4) is 0 Å². The first-order chi connectivity index (χ1) is 11.3. The van der Waals surface area contributed by atoms with Gasteiger partial charge < -0.3 is 9.84 Å². The van der Waals surface area contributed by atoms with Gasteiger partial charge in [-0.05, 0) is 49.6 Å². The number of carboxylic acids is 1. The molecule has 0 fully saturated rings. The molecule has 2 aromatic carbocycles. The zero-order valence-corrected chi connectivity index (χ0v) is 14.0. The molecule has 2 rings (SSSR count). The first kappa shape index (κ1) is 17.5. The summed E-state index contributed by atoms with van der Waals surface area (Å²) >= 11 is 0. The third-order valence-electron chi connectivity index (χ3n) is 3.27. The van der Waals surface area contributed by atoms with Crippen molar-refractivity contribution in [3.05, 3.63) is 59.8 Å². The summed E-state index contributed by atoms with van der Waals surface area (Å²) in [6.07, 6.45) is 1.08. The molecule has 2 N–H and O–H groups in total. The number of carbonyl (C=O) groups excluding carboxylic acids is 1. The second-order valence-corrected chi connectivity index (χ2v) is 6.39. The van der Waals surface area contributed by atoms with Crippen molar-refractivity contribution in [3.63, 3.8) is 0 Å². The van der Waals surface area contributed by atoms with Gasteiger partial charge in [0.05, 0.1) is 0 Å². The van der Waals surface area contributed by atoms with E-state index in [1.165, 1.54) is 6.08 Å². The number of hydrogen-bond acceptors (Lipinski definition) is 3. The fraction of sp³-hybridized carbons (Fsp3) is 0.263. The number of allylic oxidation sites excluding steroid dienone is 1. The second-order valence-electron chi connectivity index (χ2n) is 6.39. The smallest absolute Gasteiger partial charge is 0.412 e. The number of ether oxygens (including phenoxy) is 1. The highest BCUT2D eigenvalue weighted by Crippen LogP contribution is 2.19. The lowest BCUT2D eigenvalue weighted by Crippen LogP contribution is -2.34. The zero-order chi connectivity index (χ0) is 17.7. The van der Waals surface area contributed by atoms with Crippen molar-refractivity contribution in [2.45, 2.75) is 32.8 Å². The summed E-state index contributed by atoms with van der Waals surface area (Å²) in [5.74, 6) is -1.21. The van der Waals surface area contributed by atoms with Crippen molar-refractivity contribution in [1.29, 1.82) is 0 Å².